The van der Waals surface area contributed by atoms with Gasteiger partial charge in [0, 0.05) is 49.0 Å². The van der Waals surface area contributed by atoms with Gasteiger partial charge in [-0.3, -0.25) is 4.79 Å². The first-order valence-corrected chi connectivity index (χ1v) is 11.4. The normalized spacial score (nSPS) is 19.0. The molecule has 8 nitrogen and oxygen atoms in total. The molecular weight excluding hydrogens is 402 g/mol. The summed E-state index contributed by atoms with van der Waals surface area (Å²) in [7, 11) is 0. The molecule has 164 valence electrons. The summed E-state index contributed by atoms with van der Waals surface area (Å²) in [5.41, 5.74) is 5.43. The van der Waals surface area contributed by atoms with Crippen molar-refractivity contribution in [2.24, 2.45) is 5.92 Å². The number of fused-ring (bicyclic) bond motifs is 4. The first-order valence-electron chi connectivity index (χ1n) is 11.4. The summed E-state index contributed by atoms with van der Waals surface area (Å²) < 4.78 is 1.77. The van der Waals surface area contributed by atoms with Gasteiger partial charge in [0.05, 0.1) is 11.1 Å². The summed E-state index contributed by atoms with van der Waals surface area (Å²) in [6.45, 7) is 7.12. The number of aromatic nitrogens is 5. The highest BCUT2D eigenvalue weighted by Gasteiger charge is 2.27. The van der Waals surface area contributed by atoms with Crippen molar-refractivity contribution in [3.63, 3.8) is 0 Å². The number of carbonyl (C=O) groups is 1. The van der Waals surface area contributed by atoms with Crippen molar-refractivity contribution in [2.45, 2.75) is 33.1 Å². The molecule has 6 rings (SSSR count). The van der Waals surface area contributed by atoms with E-state index < -0.39 is 0 Å². The van der Waals surface area contributed by atoms with Crippen LogP contribution in [0.5, 0.6) is 0 Å². The SMILES string of the molecule is Cc1cc(N2CCN(C(=O)c3cccc4c5c([nH]c34)CCC(C)C5)CC2)n2ncnc2n1. The van der Waals surface area contributed by atoms with Crippen molar-refractivity contribution >= 4 is 28.4 Å². The zero-order valence-corrected chi connectivity index (χ0v) is 18.5. The number of rotatable bonds is 2. The smallest absolute Gasteiger partial charge is 0.256 e. The predicted molar refractivity (Wildman–Crippen MR) is 123 cm³/mol. The minimum atomic E-state index is 0.110. The van der Waals surface area contributed by atoms with E-state index in [1.807, 2.05) is 30.0 Å². The lowest BCUT2D eigenvalue weighted by Crippen LogP contribution is -2.49. The van der Waals surface area contributed by atoms with Crippen molar-refractivity contribution in [2.75, 3.05) is 31.1 Å². The van der Waals surface area contributed by atoms with Gasteiger partial charge in [-0.25, -0.2) is 4.98 Å². The second kappa shape index (κ2) is 7.32. The molecular formula is C24H27N7O. The largest absolute Gasteiger partial charge is 0.358 e. The molecule has 3 aromatic heterocycles. The number of benzene rings is 1. The van der Waals surface area contributed by atoms with Crippen LogP contribution in [0.4, 0.5) is 5.82 Å². The number of aryl methyl sites for hydroxylation is 2. The van der Waals surface area contributed by atoms with Crippen LogP contribution in [-0.2, 0) is 12.8 Å². The Bertz CT molecular complexity index is 1330. The summed E-state index contributed by atoms with van der Waals surface area (Å²) in [4.78, 5) is 30.0. The standard InChI is InChI=1S/C24H27N7O/c1-15-6-7-20-19(12-15)17-4-3-5-18(22(17)28-20)23(32)30-10-8-29(9-11-30)21-13-16(2)27-24-25-14-26-31(21)24/h3-5,13-15,28H,6-12H2,1-2H3. The highest BCUT2D eigenvalue weighted by atomic mass is 16.2. The molecule has 0 spiro atoms. The third kappa shape index (κ3) is 3.04. The molecule has 1 saturated heterocycles. The molecule has 0 bridgehead atoms. The summed E-state index contributed by atoms with van der Waals surface area (Å²) in [6.07, 6.45) is 4.90. The van der Waals surface area contributed by atoms with E-state index in [4.69, 9.17) is 0 Å². The molecule has 2 aliphatic rings. The van der Waals surface area contributed by atoms with Crippen LogP contribution in [0.2, 0.25) is 0 Å². The lowest BCUT2D eigenvalue weighted by molar-refractivity contribution is 0.0748. The van der Waals surface area contributed by atoms with E-state index in [0.717, 1.165) is 48.5 Å². The van der Waals surface area contributed by atoms with E-state index in [-0.39, 0.29) is 5.91 Å². The van der Waals surface area contributed by atoms with Crippen molar-refractivity contribution in [1.29, 1.82) is 0 Å². The van der Waals surface area contributed by atoms with Gasteiger partial charge in [-0.2, -0.15) is 14.6 Å². The summed E-state index contributed by atoms with van der Waals surface area (Å²) in [6, 6.07) is 8.19. The average molecular weight is 430 g/mol. The molecule has 1 N–H and O–H groups in total. The molecule has 8 heteroatoms. The molecule has 4 heterocycles. The van der Waals surface area contributed by atoms with E-state index in [1.54, 1.807) is 4.52 Å². The summed E-state index contributed by atoms with van der Waals surface area (Å²) in [5, 5.41) is 5.54. The molecule has 1 aliphatic carbocycles. The van der Waals surface area contributed by atoms with Crippen LogP contribution in [0.25, 0.3) is 16.7 Å². The second-order valence-electron chi connectivity index (χ2n) is 9.17. The van der Waals surface area contributed by atoms with Crippen molar-refractivity contribution in [1.82, 2.24) is 29.5 Å². The van der Waals surface area contributed by atoms with Gasteiger partial charge in [-0.1, -0.05) is 19.1 Å². The van der Waals surface area contributed by atoms with Crippen molar-refractivity contribution in [3.05, 3.63) is 53.1 Å². The fourth-order valence-electron chi connectivity index (χ4n) is 5.24. The number of nitrogens with zero attached hydrogens (tertiary/aromatic N) is 6. The Balaban J connectivity index is 1.25. The maximum absolute atomic E-state index is 13.5. The number of piperazine rings is 1. The Hall–Kier alpha value is -3.42. The summed E-state index contributed by atoms with van der Waals surface area (Å²) in [5.74, 6) is 2.39. The maximum atomic E-state index is 13.5. The lowest BCUT2D eigenvalue weighted by Gasteiger charge is -2.36. The second-order valence-corrected chi connectivity index (χ2v) is 9.17. The maximum Gasteiger partial charge on any atom is 0.256 e. The fourth-order valence-corrected chi connectivity index (χ4v) is 5.24. The predicted octanol–water partition coefficient (Wildman–Crippen LogP) is 3.00. The van der Waals surface area contributed by atoms with Gasteiger partial charge in [0.15, 0.2) is 0 Å². The van der Waals surface area contributed by atoms with Gasteiger partial charge in [0.25, 0.3) is 11.7 Å². The zero-order chi connectivity index (χ0) is 21.8. The molecule has 0 radical (unpaired) electrons. The Morgan fingerprint density at radius 3 is 2.88 bits per heavy atom. The van der Waals surface area contributed by atoms with E-state index in [0.29, 0.717) is 24.8 Å². The van der Waals surface area contributed by atoms with Crippen LogP contribution in [-0.4, -0.2) is 61.6 Å². The molecule has 1 unspecified atom stereocenters. The highest BCUT2D eigenvalue weighted by Crippen LogP contribution is 2.33. The minimum absolute atomic E-state index is 0.110. The van der Waals surface area contributed by atoms with E-state index >= 15 is 0 Å². The monoisotopic (exact) mass is 429 g/mol. The van der Waals surface area contributed by atoms with Gasteiger partial charge in [0.1, 0.15) is 12.1 Å². The van der Waals surface area contributed by atoms with Gasteiger partial charge >= 0.3 is 0 Å². The third-order valence-electron chi connectivity index (χ3n) is 6.95. The number of hydrogen-bond acceptors (Lipinski definition) is 5. The first kappa shape index (κ1) is 19.3. The number of H-pyrrole nitrogens is 1. The number of anilines is 1. The number of nitrogens with one attached hydrogen (secondary N) is 1. The number of aromatic amines is 1. The van der Waals surface area contributed by atoms with E-state index in [9.17, 15) is 4.79 Å². The van der Waals surface area contributed by atoms with Gasteiger partial charge in [-0.05, 0) is 43.7 Å². The summed E-state index contributed by atoms with van der Waals surface area (Å²) >= 11 is 0. The third-order valence-corrected chi connectivity index (χ3v) is 6.95. The fraction of sp³-hybridized carbons (Fsp3) is 0.417. The number of amides is 1. The van der Waals surface area contributed by atoms with Gasteiger partial charge < -0.3 is 14.8 Å². The molecule has 4 aromatic rings. The molecule has 1 fully saturated rings. The van der Waals surface area contributed by atoms with Gasteiger partial charge in [-0.15, -0.1) is 0 Å². The Kier molecular flexibility index (Phi) is 4.41. The molecule has 1 aliphatic heterocycles. The van der Waals surface area contributed by atoms with E-state index in [2.05, 4.69) is 37.9 Å². The number of para-hydroxylation sites is 1. The van der Waals surface area contributed by atoms with Crippen LogP contribution in [0, 0.1) is 12.8 Å². The number of hydrogen-bond donors (Lipinski definition) is 1. The quantitative estimate of drug-likeness (QED) is 0.530. The van der Waals surface area contributed by atoms with Gasteiger partial charge in [0.2, 0.25) is 0 Å². The number of carbonyl (C=O) groups excluding carboxylic acids is 1. The topological polar surface area (TPSA) is 82.4 Å². The Labute approximate surface area is 186 Å². The van der Waals surface area contributed by atoms with Crippen LogP contribution >= 0.6 is 0 Å². The van der Waals surface area contributed by atoms with Crippen LogP contribution in [0.1, 0.15) is 40.7 Å². The molecule has 0 saturated carbocycles. The minimum Gasteiger partial charge on any atom is -0.358 e. The lowest BCUT2D eigenvalue weighted by atomic mass is 9.87. The van der Waals surface area contributed by atoms with E-state index in [1.165, 1.54) is 29.4 Å². The first-order chi connectivity index (χ1) is 15.6. The Morgan fingerprint density at radius 2 is 2.03 bits per heavy atom. The van der Waals surface area contributed by atoms with Crippen LogP contribution in [0.3, 0.4) is 0 Å². The molecule has 1 aromatic carbocycles. The average Bonchev–Trinajstić information content (AvgIpc) is 3.42. The van der Waals surface area contributed by atoms with Crippen molar-refractivity contribution < 1.29 is 4.79 Å². The van der Waals surface area contributed by atoms with Crippen LogP contribution in [0.15, 0.2) is 30.6 Å². The molecule has 32 heavy (non-hydrogen) atoms. The molecule has 1 atom stereocenters. The molecule has 1 amide bonds. The highest BCUT2D eigenvalue weighted by molar-refractivity contribution is 6.07. The Morgan fingerprint density at radius 1 is 1.19 bits per heavy atom. The zero-order valence-electron chi connectivity index (χ0n) is 18.5. The van der Waals surface area contributed by atoms with Crippen molar-refractivity contribution in [3.8, 4) is 0 Å². The van der Waals surface area contributed by atoms with Crippen LogP contribution < -0.4 is 4.90 Å².